The Morgan fingerprint density at radius 2 is 2.07 bits per heavy atom. The van der Waals surface area contributed by atoms with Crippen molar-refractivity contribution in [1.29, 1.82) is 0 Å². The molecule has 2 aromatic carbocycles. The van der Waals surface area contributed by atoms with Crippen LogP contribution in [0.15, 0.2) is 47.6 Å². The Labute approximate surface area is 173 Å². The quantitative estimate of drug-likeness (QED) is 0.399. The monoisotopic (exact) mass is 419 g/mol. The van der Waals surface area contributed by atoms with Crippen LogP contribution >= 0.6 is 23.4 Å². The number of tetrazole rings is 1. The summed E-state index contributed by atoms with van der Waals surface area (Å²) in [5.41, 5.74) is 2.04. The lowest BCUT2D eigenvalue weighted by Gasteiger charge is -2.16. The second-order valence-corrected chi connectivity index (χ2v) is 7.48. The Hall–Kier alpha value is -2.29. The highest BCUT2D eigenvalue weighted by molar-refractivity contribution is 7.99. The van der Waals surface area contributed by atoms with Crippen molar-refractivity contribution in [2.24, 2.45) is 7.05 Å². The molecule has 1 N–H and O–H groups in total. The van der Waals surface area contributed by atoms with Crippen LogP contribution in [0.2, 0.25) is 5.02 Å². The van der Waals surface area contributed by atoms with Crippen molar-refractivity contribution in [3.8, 4) is 11.5 Å². The number of nitrogens with one attached hydrogen (secondary N) is 1. The number of halogens is 1. The highest BCUT2D eigenvalue weighted by Gasteiger charge is 2.11. The molecule has 0 spiro atoms. The van der Waals surface area contributed by atoms with E-state index in [4.69, 9.17) is 21.1 Å². The third kappa shape index (κ3) is 5.60. The van der Waals surface area contributed by atoms with Gasteiger partial charge in [-0.2, -0.15) is 0 Å². The first-order valence-electron chi connectivity index (χ1n) is 8.76. The lowest BCUT2D eigenvalue weighted by Crippen LogP contribution is -2.17. The summed E-state index contributed by atoms with van der Waals surface area (Å²) in [5, 5.41) is 16.3. The van der Waals surface area contributed by atoms with E-state index < -0.39 is 0 Å². The summed E-state index contributed by atoms with van der Waals surface area (Å²) in [7, 11) is 3.47. The van der Waals surface area contributed by atoms with Crippen LogP contribution in [0.3, 0.4) is 0 Å². The maximum atomic E-state index is 6.07. The lowest BCUT2D eigenvalue weighted by molar-refractivity contribution is 0.281. The van der Waals surface area contributed by atoms with Crippen molar-refractivity contribution in [3.63, 3.8) is 0 Å². The molecule has 0 amide bonds. The summed E-state index contributed by atoms with van der Waals surface area (Å²) in [6, 6.07) is 13.5. The van der Waals surface area contributed by atoms with E-state index in [1.165, 1.54) is 0 Å². The fourth-order valence-electron chi connectivity index (χ4n) is 2.59. The molecule has 0 aliphatic heterocycles. The number of methoxy groups -OCH3 is 1. The first-order chi connectivity index (χ1) is 13.7. The molecular formula is C19H22ClN5O2S. The fourth-order valence-corrected chi connectivity index (χ4v) is 3.55. The molecular weight excluding hydrogens is 398 g/mol. The SMILES string of the molecule is COc1cccc(CNCCSc2nnnn2C)c1OCc1cccc(Cl)c1. The average molecular weight is 420 g/mol. The smallest absolute Gasteiger partial charge is 0.209 e. The van der Waals surface area contributed by atoms with E-state index in [-0.39, 0.29) is 0 Å². The number of para-hydroxylation sites is 1. The highest BCUT2D eigenvalue weighted by Crippen LogP contribution is 2.32. The van der Waals surface area contributed by atoms with E-state index in [1.54, 1.807) is 23.6 Å². The van der Waals surface area contributed by atoms with Gasteiger partial charge in [0.1, 0.15) is 6.61 Å². The third-order valence-electron chi connectivity index (χ3n) is 3.96. The van der Waals surface area contributed by atoms with Gasteiger partial charge in [-0.1, -0.05) is 47.6 Å². The van der Waals surface area contributed by atoms with Gasteiger partial charge < -0.3 is 14.8 Å². The van der Waals surface area contributed by atoms with E-state index in [2.05, 4.69) is 20.8 Å². The molecule has 0 aliphatic carbocycles. The number of rotatable bonds is 10. The lowest BCUT2D eigenvalue weighted by atomic mass is 10.1. The zero-order valence-corrected chi connectivity index (χ0v) is 17.3. The number of benzene rings is 2. The normalized spacial score (nSPS) is 10.8. The summed E-state index contributed by atoms with van der Waals surface area (Å²) >= 11 is 7.66. The van der Waals surface area contributed by atoms with Crippen molar-refractivity contribution in [2.45, 2.75) is 18.3 Å². The predicted octanol–water partition coefficient (Wildman–Crippen LogP) is 3.33. The molecule has 28 heavy (non-hydrogen) atoms. The van der Waals surface area contributed by atoms with E-state index in [9.17, 15) is 0 Å². The maximum Gasteiger partial charge on any atom is 0.209 e. The molecule has 0 saturated heterocycles. The summed E-state index contributed by atoms with van der Waals surface area (Å²) in [5.74, 6) is 2.31. The number of nitrogens with zero attached hydrogens (tertiary/aromatic N) is 4. The topological polar surface area (TPSA) is 74.1 Å². The van der Waals surface area contributed by atoms with Gasteiger partial charge in [-0.05, 0) is 34.2 Å². The standard InChI is InChI=1S/C19H22ClN5O2S/c1-25-19(22-23-24-25)28-10-9-21-12-15-6-4-8-17(26-2)18(15)27-13-14-5-3-7-16(20)11-14/h3-8,11,21H,9-10,12-13H2,1-2H3. The molecule has 1 aromatic heterocycles. The van der Waals surface area contributed by atoms with Gasteiger partial charge in [-0.3, -0.25) is 0 Å². The molecule has 7 nitrogen and oxygen atoms in total. The third-order valence-corrected chi connectivity index (χ3v) is 5.21. The van der Waals surface area contributed by atoms with Crippen LogP contribution in [-0.4, -0.2) is 39.6 Å². The van der Waals surface area contributed by atoms with Crippen molar-refractivity contribution >= 4 is 23.4 Å². The van der Waals surface area contributed by atoms with Crippen LogP contribution in [0.5, 0.6) is 11.5 Å². The molecule has 3 rings (SSSR count). The molecule has 148 valence electrons. The minimum Gasteiger partial charge on any atom is -0.493 e. The van der Waals surface area contributed by atoms with Crippen LogP contribution in [0.25, 0.3) is 0 Å². The Morgan fingerprint density at radius 1 is 1.21 bits per heavy atom. The van der Waals surface area contributed by atoms with Crippen LogP contribution in [0, 0.1) is 0 Å². The number of aromatic nitrogens is 4. The Kier molecular flexibility index (Phi) is 7.53. The number of ether oxygens (including phenoxy) is 2. The second kappa shape index (κ2) is 10.3. The zero-order chi connectivity index (χ0) is 19.8. The fraction of sp³-hybridized carbons (Fsp3) is 0.316. The molecule has 0 saturated carbocycles. The predicted molar refractivity (Wildman–Crippen MR) is 110 cm³/mol. The molecule has 0 aliphatic rings. The van der Waals surface area contributed by atoms with E-state index in [0.717, 1.165) is 34.3 Å². The largest absolute Gasteiger partial charge is 0.493 e. The Bertz CT molecular complexity index is 906. The van der Waals surface area contributed by atoms with Crippen LogP contribution < -0.4 is 14.8 Å². The number of thioether (sulfide) groups is 1. The first-order valence-corrected chi connectivity index (χ1v) is 10.1. The van der Waals surface area contributed by atoms with Gasteiger partial charge >= 0.3 is 0 Å². The number of hydrogen-bond acceptors (Lipinski definition) is 7. The van der Waals surface area contributed by atoms with Crippen LogP contribution in [-0.2, 0) is 20.2 Å². The molecule has 1 heterocycles. The number of hydrogen-bond donors (Lipinski definition) is 1. The minimum atomic E-state index is 0.420. The van der Waals surface area contributed by atoms with Crippen LogP contribution in [0.1, 0.15) is 11.1 Å². The van der Waals surface area contributed by atoms with Crippen molar-refractivity contribution in [3.05, 3.63) is 58.6 Å². The van der Waals surface area contributed by atoms with E-state index in [0.29, 0.717) is 23.9 Å². The molecule has 3 aromatic rings. The molecule has 0 bridgehead atoms. The van der Waals surface area contributed by atoms with Gasteiger partial charge in [0, 0.05) is 36.5 Å². The molecule has 0 fully saturated rings. The summed E-state index contributed by atoms with van der Waals surface area (Å²) < 4.78 is 13.2. The molecule has 9 heteroatoms. The van der Waals surface area contributed by atoms with Gasteiger partial charge in [0.25, 0.3) is 0 Å². The van der Waals surface area contributed by atoms with Gasteiger partial charge in [0.05, 0.1) is 7.11 Å². The van der Waals surface area contributed by atoms with E-state index in [1.807, 2.05) is 49.5 Å². The molecule has 0 radical (unpaired) electrons. The van der Waals surface area contributed by atoms with Crippen molar-refractivity contribution in [2.75, 3.05) is 19.4 Å². The first kappa shape index (κ1) is 20.4. The van der Waals surface area contributed by atoms with Gasteiger partial charge in [0.15, 0.2) is 11.5 Å². The Morgan fingerprint density at radius 3 is 2.82 bits per heavy atom. The summed E-state index contributed by atoms with van der Waals surface area (Å²) in [4.78, 5) is 0. The van der Waals surface area contributed by atoms with Crippen molar-refractivity contribution < 1.29 is 9.47 Å². The van der Waals surface area contributed by atoms with Gasteiger partial charge in [-0.25, -0.2) is 4.68 Å². The van der Waals surface area contributed by atoms with Gasteiger partial charge in [-0.15, -0.1) is 5.10 Å². The van der Waals surface area contributed by atoms with Crippen LogP contribution in [0.4, 0.5) is 0 Å². The molecule has 0 unspecified atom stereocenters. The second-order valence-electron chi connectivity index (χ2n) is 5.98. The zero-order valence-electron chi connectivity index (χ0n) is 15.8. The minimum absolute atomic E-state index is 0.420. The highest BCUT2D eigenvalue weighted by atomic mass is 35.5. The maximum absolute atomic E-state index is 6.07. The molecule has 0 atom stereocenters. The summed E-state index contributed by atoms with van der Waals surface area (Å²) in [6.45, 7) is 1.89. The van der Waals surface area contributed by atoms with Gasteiger partial charge in [0.2, 0.25) is 5.16 Å². The van der Waals surface area contributed by atoms with Crippen molar-refractivity contribution in [1.82, 2.24) is 25.5 Å². The van der Waals surface area contributed by atoms with E-state index >= 15 is 0 Å². The average Bonchev–Trinajstić information content (AvgIpc) is 3.11. The number of aryl methyl sites for hydroxylation is 1. The Balaban J connectivity index is 1.56. The summed E-state index contributed by atoms with van der Waals surface area (Å²) in [6.07, 6.45) is 0.